The maximum atomic E-state index is 7.52. The second-order valence-electron chi connectivity index (χ2n) is 0.799. The second-order valence-corrected chi connectivity index (χ2v) is 0.799. The lowest BCUT2D eigenvalue weighted by molar-refractivity contribution is -0.227. The fraction of sp³-hybridized carbons (Fsp3) is 0.500. The molecule has 0 spiro atoms. The number of amidine groups is 1. The molecule has 0 fully saturated rings. The molecule has 0 saturated heterocycles. The van der Waals surface area contributed by atoms with Gasteiger partial charge in [0.2, 0.25) is 0 Å². The molecule has 0 aromatic heterocycles. The summed E-state index contributed by atoms with van der Waals surface area (Å²) < 4.78 is 0. The van der Waals surface area contributed by atoms with Crippen molar-refractivity contribution >= 4 is 5.84 Å². The van der Waals surface area contributed by atoms with Crippen LogP contribution < -0.4 is 5.73 Å². The first kappa shape index (κ1) is 5.39. The van der Waals surface area contributed by atoms with Gasteiger partial charge in [0.05, 0.1) is 0 Å². The lowest BCUT2D eigenvalue weighted by atomic mass is 10.7. The second kappa shape index (κ2) is 2.62. The molecule has 0 aliphatic heterocycles. The summed E-state index contributed by atoms with van der Waals surface area (Å²) in [6, 6.07) is 0. The monoisotopic (exact) mass is 90.0 g/mol. The van der Waals surface area contributed by atoms with Crippen molar-refractivity contribution in [2.45, 2.75) is 0 Å². The van der Waals surface area contributed by atoms with Gasteiger partial charge in [-0.2, -0.15) is 0 Å². The van der Waals surface area contributed by atoms with Gasteiger partial charge in [0.25, 0.3) is 0 Å². The smallest absolute Gasteiger partial charge is 0.138 e. The third-order valence-corrected chi connectivity index (χ3v) is 0.220. The minimum atomic E-state index is -0.208. The Hall–Kier alpha value is -0.610. The van der Waals surface area contributed by atoms with E-state index in [1.807, 2.05) is 0 Å². The molecule has 0 saturated carbocycles. The molecular formula is C2H6N2O2. The molecule has 6 heavy (non-hydrogen) atoms. The highest BCUT2D eigenvalue weighted by Gasteiger charge is 1.80. The molecular weight excluding hydrogens is 84.0 g/mol. The Labute approximate surface area is 35.0 Å². The topological polar surface area (TPSA) is 79.3 Å². The van der Waals surface area contributed by atoms with Crippen molar-refractivity contribution in [2.75, 3.05) is 6.61 Å². The van der Waals surface area contributed by atoms with Gasteiger partial charge in [-0.1, -0.05) is 0 Å². The first-order valence-corrected chi connectivity index (χ1v) is 1.36. The summed E-state index contributed by atoms with van der Waals surface area (Å²) in [5.74, 6) is -0.183. The molecule has 0 atom stereocenters. The highest BCUT2D eigenvalue weighted by atomic mass is 17.1. The van der Waals surface area contributed by atoms with Gasteiger partial charge in [0.15, 0.2) is 0 Å². The summed E-state index contributed by atoms with van der Waals surface area (Å²) in [6.07, 6.45) is 0. The quantitative estimate of drug-likeness (QED) is 0.183. The van der Waals surface area contributed by atoms with Crippen LogP contribution in [0.25, 0.3) is 0 Å². The molecule has 0 radical (unpaired) electrons. The van der Waals surface area contributed by atoms with Crippen LogP contribution in [0.5, 0.6) is 0 Å². The molecule has 0 aromatic carbocycles. The fourth-order valence-electron chi connectivity index (χ4n) is 0.0695. The summed E-state index contributed by atoms with van der Waals surface area (Å²) in [5, 5.41) is 13.9. The average molecular weight is 90.1 g/mol. The lowest BCUT2D eigenvalue weighted by Crippen LogP contribution is -2.15. The van der Waals surface area contributed by atoms with Gasteiger partial charge >= 0.3 is 0 Å². The first-order chi connectivity index (χ1) is 2.77. The Morgan fingerprint density at radius 2 is 2.50 bits per heavy atom. The van der Waals surface area contributed by atoms with E-state index >= 15 is 0 Å². The van der Waals surface area contributed by atoms with Gasteiger partial charge in [-0.05, 0) is 0 Å². The molecule has 0 amide bonds. The third kappa shape index (κ3) is 3.39. The van der Waals surface area contributed by atoms with E-state index in [2.05, 4.69) is 4.89 Å². The van der Waals surface area contributed by atoms with Crippen molar-refractivity contribution in [2.24, 2.45) is 5.73 Å². The van der Waals surface area contributed by atoms with Gasteiger partial charge in [-0.25, -0.2) is 4.89 Å². The first-order valence-electron chi connectivity index (χ1n) is 1.36. The molecule has 4 heteroatoms. The molecule has 0 aliphatic rings. The van der Waals surface area contributed by atoms with Crippen LogP contribution in [0, 0.1) is 5.41 Å². The van der Waals surface area contributed by atoms with E-state index in [-0.39, 0.29) is 12.4 Å². The zero-order valence-corrected chi connectivity index (χ0v) is 3.14. The van der Waals surface area contributed by atoms with E-state index in [4.69, 9.17) is 16.4 Å². The maximum absolute atomic E-state index is 7.52. The van der Waals surface area contributed by atoms with Crippen LogP contribution in [0.2, 0.25) is 0 Å². The number of rotatable bonds is 2. The minimum Gasteiger partial charge on any atom is -0.386 e. The molecule has 0 bridgehead atoms. The van der Waals surface area contributed by atoms with Crippen molar-refractivity contribution in [3.8, 4) is 0 Å². The Balaban J connectivity index is 2.83. The molecule has 0 unspecified atom stereocenters. The normalized spacial score (nSPS) is 8.17. The molecule has 0 aromatic rings. The van der Waals surface area contributed by atoms with Gasteiger partial charge in [-0.15, -0.1) is 0 Å². The molecule has 4 nitrogen and oxygen atoms in total. The van der Waals surface area contributed by atoms with Gasteiger partial charge in [-0.3, -0.25) is 10.7 Å². The van der Waals surface area contributed by atoms with Crippen LogP contribution in [0.15, 0.2) is 0 Å². The van der Waals surface area contributed by atoms with Crippen molar-refractivity contribution in [3.05, 3.63) is 0 Å². The predicted octanol–water partition coefficient (Wildman–Crippen LogP) is -0.588. The number of nitrogens with one attached hydrogen (secondary N) is 1. The van der Waals surface area contributed by atoms with E-state index in [0.29, 0.717) is 0 Å². The summed E-state index contributed by atoms with van der Waals surface area (Å²) in [7, 11) is 0. The Morgan fingerprint density at radius 1 is 2.00 bits per heavy atom. The Morgan fingerprint density at radius 3 is 2.50 bits per heavy atom. The van der Waals surface area contributed by atoms with Crippen LogP contribution in [-0.4, -0.2) is 17.7 Å². The SMILES string of the molecule is N=C(N)COO. The predicted molar refractivity (Wildman–Crippen MR) is 20.5 cm³/mol. The van der Waals surface area contributed by atoms with Crippen LogP contribution >= 0.6 is 0 Å². The van der Waals surface area contributed by atoms with Crippen LogP contribution in [0.4, 0.5) is 0 Å². The largest absolute Gasteiger partial charge is 0.386 e. The van der Waals surface area contributed by atoms with Crippen molar-refractivity contribution < 1.29 is 10.1 Å². The average Bonchev–Trinajstić information content (AvgIpc) is 1.35. The highest BCUT2D eigenvalue weighted by molar-refractivity contribution is 5.77. The fourth-order valence-corrected chi connectivity index (χ4v) is 0.0695. The molecule has 4 N–H and O–H groups in total. The zero-order chi connectivity index (χ0) is 4.99. The van der Waals surface area contributed by atoms with Crippen molar-refractivity contribution in [3.63, 3.8) is 0 Å². The molecule has 0 heterocycles. The van der Waals surface area contributed by atoms with Gasteiger partial charge in [0, 0.05) is 0 Å². The van der Waals surface area contributed by atoms with Gasteiger partial charge in [0.1, 0.15) is 12.4 Å². The van der Waals surface area contributed by atoms with Gasteiger partial charge < -0.3 is 5.73 Å². The maximum Gasteiger partial charge on any atom is 0.138 e. The summed E-state index contributed by atoms with van der Waals surface area (Å²) >= 11 is 0. The summed E-state index contributed by atoms with van der Waals surface area (Å²) in [4.78, 5) is 3.45. The lowest BCUT2D eigenvalue weighted by Gasteiger charge is -1.86. The zero-order valence-electron chi connectivity index (χ0n) is 3.14. The van der Waals surface area contributed by atoms with Crippen molar-refractivity contribution in [1.29, 1.82) is 5.41 Å². The molecule has 36 valence electrons. The van der Waals surface area contributed by atoms with E-state index in [1.165, 1.54) is 0 Å². The minimum absolute atomic E-state index is 0.183. The van der Waals surface area contributed by atoms with Crippen LogP contribution in [0.1, 0.15) is 0 Å². The number of nitrogens with two attached hydrogens (primary N) is 1. The highest BCUT2D eigenvalue weighted by Crippen LogP contribution is 1.58. The Bertz CT molecular complexity index is 53.5. The number of hydrogen-bond donors (Lipinski definition) is 3. The van der Waals surface area contributed by atoms with E-state index in [0.717, 1.165) is 0 Å². The third-order valence-electron chi connectivity index (χ3n) is 0.220. The van der Waals surface area contributed by atoms with E-state index in [1.54, 1.807) is 0 Å². The van der Waals surface area contributed by atoms with Crippen LogP contribution in [0.3, 0.4) is 0 Å². The summed E-state index contributed by atoms with van der Waals surface area (Å²) in [6.45, 7) is -0.208. The Kier molecular flexibility index (Phi) is 2.35. The van der Waals surface area contributed by atoms with E-state index < -0.39 is 0 Å². The van der Waals surface area contributed by atoms with Crippen LogP contribution in [-0.2, 0) is 4.89 Å². The summed E-state index contributed by atoms with van der Waals surface area (Å²) in [5.41, 5.74) is 4.70. The standard InChI is InChI=1S/C2H6N2O2/c3-2(4)1-6-5/h5H,1H2,(H3,3,4). The van der Waals surface area contributed by atoms with E-state index in [9.17, 15) is 0 Å². The number of hydrogen-bond acceptors (Lipinski definition) is 3. The molecule has 0 rings (SSSR count). The molecule has 0 aliphatic carbocycles. The van der Waals surface area contributed by atoms with Crippen molar-refractivity contribution in [1.82, 2.24) is 0 Å².